The van der Waals surface area contributed by atoms with Gasteiger partial charge in [0.05, 0.1) is 13.0 Å². The first-order valence-electron chi connectivity index (χ1n) is 12.8. The van der Waals surface area contributed by atoms with E-state index in [4.69, 9.17) is 18.9 Å². The van der Waals surface area contributed by atoms with Gasteiger partial charge in [0, 0.05) is 11.5 Å². The summed E-state index contributed by atoms with van der Waals surface area (Å²) in [5.41, 5.74) is 1.93. The molecule has 1 fully saturated rings. The maximum atomic E-state index is 13.0. The summed E-state index contributed by atoms with van der Waals surface area (Å²) in [4.78, 5) is 36.2. The molecule has 1 N–H and O–H groups in total. The van der Waals surface area contributed by atoms with Gasteiger partial charge in [-0.15, -0.1) is 0 Å². The number of aliphatic carboxylic acids is 1. The van der Waals surface area contributed by atoms with Crippen LogP contribution >= 0.6 is 0 Å². The number of benzene rings is 2. The Morgan fingerprint density at radius 3 is 2.11 bits per heavy atom. The summed E-state index contributed by atoms with van der Waals surface area (Å²) in [6.07, 6.45) is 2.79. The molecule has 3 unspecified atom stereocenters. The van der Waals surface area contributed by atoms with Crippen LogP contribution in [0.3, 0.4) is 0 Å². The fourth-order valence-corrected chi connectivity index (χ4v) is 4.53. The van der Waals surface area contributed by atoms with Crippen LogP contribution in [0.15, 0.2) is 61.2 Å². The number of carbonyl (C=O) groups excluding carboxylic acids is 2. The van der Waals surface area contributed by atoms with Gasteiger partial charge in [-0.05, 0) is 54.7 Å². The van der Waals surface area contributed by atoms with E-state index in [0.29, 0.717) is 18.6 Å². The second kappa shape index (κ2) is 13.1. The first-order valence-corrected chi connectivity index (χ1v) is 12.8. The molecule has 3 rings (SSSR count). The third kappa shape index (κ3) is 7.37. The standard InChI is InChI=1S/C30H36O8/c1-5-27(31)37-19-20(29(34)38-26-9-7-6-8-25(26)28(32)33)18-36-24-16-12-22(13-17-24)30(2,3)21-10-14-23(35-4)15-11-21/h5,10-17,20,25-26H,1,6-9,18-19H2,2-4H3,(H,32,33). The molecule has 2 aromatic rings. The monoisotopic (exact) mass is 524 g/mol. The molecule has 1 aliphatic rings. The fraction of sp³-hybridized carbons (Fsp3) is 0.433. The lowest BCUT2D eigenvalue weighted by atomic mass is 9.78. The van der Waals surface area contributed by atoms with Crippen LogP contribution in [0.25, 0.3) is 0 Å². The van der Waals surface area contributed by atoms with E-state index in [1.807, 2.05) is 48.5 Å². The van der Waals surface area contributed by atoms with Gasteiger partial charge in [-0.1, -0.05) is 51.1 Å². The number of hydrogen-bond acceptors (Lipinski definition) is 7. The Morgan fingerprint density at radius 1 is 0.974 bits per heavy atom. The van der Waals surface area contributed by atoms with Crippen molar-refractivity contribution in [2.45, 2.75) is 51.0 Å². The van der Waals surface area contributed by atoms with Crippen molar-refractivity contribution in [3.05, 3.63) is 72.3 Å². The molecule has 0 heterocycles. The van der Waals surface area contributed by atoms with Gasteiger partial charge in [0.1, 0.15) is 36.7 Å². The van der Waals surface area contributed by atoms with Crippen LogP contribution in [-0.2, 0) is 29.3 Å². The number of methoxy groups -OCH3 is 1. The number of ether oxygens (including phenoxy) is 4. The number of carboxylic acid groups (broad SMARTS) is 1. The highest BCUT2D eigenvalue weighted by atomic mass is 16.6. The van der Waals surface area contributed by atoms with Gasteiger partial charge in [-0.25, -0.2) is 4.79 Å². The van der Waals surface area contributed by atoms with Crippen molar-refractivity contribution < 1.29 is 38.4 Å². The molecule has 1 saturated carbocycles. The Hall–Kier alpha value is -3.81. The van der Waals surface area contributed by atoms with Gasteiger partial charge < -0.3 is 24.1 Å². The van der Waals surface area contributed by atoms with E-state index in [9.17, 15) is 19.5 Å². The smallest absolute Gasteiger partial charge is 0.330 e. The van der Waals surface area contributed by atoms with E-state index in [2.05, 4.69) is 20.4 Å². The molecule has 0 aliphatic heterocycles. The quantitative estimate of drug-likeness (QED) is 0.308. The van der Waals surface area contributed by atoms with Crippen LogP contribution in [0, 0.1) is 11.8 Å². The highest BCUT2D eigenvalue weighted by molar-refractivity contribution is 5.81. The molecule has 204 valence electrons. The van der Waals surface area contributed by atoms with Gasteiger partial charge in [0.25, 0.3) is 0 Å². The second-order valence-corrected chi connectivity index (χ2v) is 9.92. The Kier molecular flexibility index (Phi) is 9.93. The van der Waals surface area contributed by atoms with Crippen molar-refractivity contribution in [2.24, 2.45) is 11.8 Å². The number of rotatable bonds is 12. The summed E-state index contributed by atoms with van der Waals surface area (Å²) < 4.78 is 21.8. The van der Waals surface area contributed by atoms with Crippen molar-refractivity contribution in [3.63, 3.8) is 0 Å². The molecular weight excluding hydrogens is 488 g/mol. The summed E-state index contributed by atoms with van der Waals surface area (Å²) in [5.74, 6) is -2.65. The van der Waals surface area contributed by atoms with Crippen LogP contribution in [-0.4, -0.2) is 49.4 Å². The lowest BCUT2D eigenvalue weighted by Crippen LogP contribution is -2.39. The molecule has 1 aliphatic carbocycles. The Balaban J connectivity index is 1.67. The molecule has 2 aromatic carbocycles. The van der Waals surface area contributed by atoms with E-state index in [-0.39, 0.29) is 18.6 Å². The Bertz CT molecular complexity index is 1100. The zero-order valence-electron chi connectivity index (χ0n) is 22.2. The Labute approximate surface area is 223 Å². The first kappa shape index (κ1) is 28.8. The van der Waals surface area contributed by atoms with Crippen molar-refractivity contribution in [1.82, 2.24) is 0 Å². The van der Waals surface area contributed by atoms with Gasteiger partial charge >= 0.3 is 17.9 Å². The molecule has 0 bridgehead atoms. The number of carboxylic acids is 1. The van der Waals surface area contributed by atoms with Crippen LogP contribution in [0.1, 0.15) is 50.7 Å². The maximum absolute atomic E-state index is 13.0. The normalized spacial score (nSPS) is 18.1. The summed E-state index contributed by atoms with van der Waals surface area (Å²) in [5, 5.41) is 9.49. The van der Waals surface area contributed by atoms with Crippen molar-refractivity contribution in [1.29, 1.82) is 0 Å². The van der Waals surface area contributed by atoms with Gasteiger partial charge in [0.15, 0.2) is 0 Å². The van der Waals surface area contributed by atoms with E-state index in [1.165, 1.54) is 0 Å². The van der Waals surface area contributed by atoms with Crippen LogP contribution in [0.5, 0.6) is 11.5 Å². The van der Waals surface area contributed by atoms with E-state index >= 15 is 0 Å². The summed E-state index contributed by atoms with van der Waals surface area (Å²) in [6, 6.07) is 15.5. The van der Waals surface area contributed by atoms with Crippen molar-refractivity contribution in [2.75, 3.05) is 20.3 Å². The van der Waals surface area contributed by atoms with E-state index in [0.717, 1.165) is 35.8 Å². The lowest BCUT2D eigenvalue weighted by molar-refractivity contribution is -0.167. The number of hydrogen-bond donors (Lipinski definition) is 1. The van der Waals surface area contributed by atoms with Crippen molar-refractivity contribution in [3.8, 4) is 11.5 Å². The molecule has 38 heavy (non-hydrogen) atoms. The fourth-order valence-electron chi connectivity index (χ4n) is 4.53. The molecule has 3 atom stereocenters. The van der Waals surface area contributed by atoms with Crippen LogP contribution in [0.2, 0.25) is 0 Å². The third-order valence-corrected chi connectivity index (χ3v) is 7.05. The first-order chi connectivity index (χ1) is 18.1. The molecule has 0 radical (unpaired) electrons. The minimum absolute atomic E-state index is 0.102. The number of carbonyl (C=O) groups is 3. The largest absolute Gasteiger partial charge is 0.497 e. The van der Waals surface area contributed by atoms with Crippen LogP contribution < -0.4 is 9.47 Å². The zero-order valence-corrected chi connectivity index (χ0v) is 22.2. The van der Waals surface area contributed by atoms with Gasteiger partial charge in [-0.3, -0.25) is 9.59 Å². The third-order valence-electron chi connectivity index (χ3n) is 7.05. The predicted octanol–water partition coefficient (Wildman–Crippen LogP) is 4.93. The summed E-state index contributed by atoms with van der Waals surface area (Å²) >= 11 is 0. The molecule has 0 spiro atoms. The maximum Gasteiger partial charge on any atom is 0.330 e. The van der Waals surface area contributed by atoms with Crippen molar-refractivity contribution >= 4 is 17.9 Å². The summed E-state index contributed by atoms with van der Waals surface area (Å²) in [7, 11) is 1.63. The topological polar surface area (TPSA) is 108 Å². The number of esters is 2. The van der Waals surface area contributed by atoms with Gasteiger partial charge in [-0.2, -0.15) is 0 Å². The SMILES string of the molecule is C=CC(=O)OCC(COc1ccc(C(C)(C)c2ccc(OC)cc2)cc1)C(=O)OC1CCCCC1C(=O)O. The molecule has 8 heteroatoms. The predicted molar refractivity (Wildman–Crippen MR) is 141 cm³/mol. The summed E-state index contributed by atoms with van der Waals surface area (Å²) in [6.45, 7) is 7.25. The lowest BCUT2D eigenvalue weighted by Gasteiger charge is -2.29. The average Bonchev–Trinajstić information content (AvgIpc) is 2.93. The highest BCUT2D eigenvalue weighted by Gasteiger charge is 2.36. The Morgan fingerprint density at radius 2 is 1.55 bits per heavy atom. The molecule has 0 saturated heterocycles. The molecule has 8 nitrogen and oxygen atoms in total. The second-order valence-electron chi connectivity index (χ2n) is 9.92. The minimum Gasteiger partial charge on any atom is -0.497 e. The molecule has 0 amide bonds. The minimum atomic E-state index is -0.981. The zero-order chi connectivity index (χ0) is 27.7. The van der Waals surface area contributed by atoms with E-state index in [1.54, 1.807) is 7.11 Å². The average molecular weight is 525 g/mol. The van der Waals surface area contributed by atoms with Gasteiger partial charge in [0.2, 0.25) is 0 Å². The molecular formula is C30H36O8. The van der Waals surface area contributed by atoms with Crippen LogP contribution in [0.4, 0.5) is 0 Å². The molecule has 0 aromatic heterocycles. The van der Waals surface area contributed by atoms with E-state index < -0.39 is 35.8 Å². The highest BCUT2D eigenvalue weighted by Crippen LogP contribution is 2.33.